The molecule has 2 bridgehead atoms. The maximum absolute atomic E-state index is 12.2. The summed E-state index contributed by atoms with van der Waals surface area (Å²) >= 11 is 0. The molecule has 2 N–H and O–H groups in total. The number of nitrogens with one attached hydrogen (secondary N) is 1. The first-order valence-electron chi connectivity index (χ1n) is 14.0. The molecule has 4 rings (SSSR count). The van der Waals surface area contributed by atoms with Gasteiger partial charge in [0.05, 0.1) is 12.5 Å². The predicted octanol–water partition coefficient (Wildman–Crippen LogP) is 4.39. The molecule has 1 amide bonds. The van der Waals surface area contributed by atoms with E-state index in [9.17, 15) is 18.6 Å². The maximum Gasteiger partial charge on any atom is 0.330 e. The third-order valence-corrected chi connectivity index (χ3v) is 10.1. The molecule has 1 aromatic heterocycles. The van der Waals surface area contributed by atoms with Gasteiger partial charge in [-0.2, -0.15) is 0 Å². The standard InChI is InChI=1S/C25H30N2O4.C7H12O3S/c1-16(2)24(29)26-13-23(28)31-20-6-5-19-11-22-17(3)25(4,21(19)12-20)8-9-27(22)14-18-7-10-30-15-18;1-4-5-7(2,6(8)9)11(3)10/h5-7,10,12,15,17,22H,1,8-9,11,13-14H2,2-4H3,(H,26,29);4-5H,1-3H3,(H,8,9)/b;5-4+/t17-,22+,25+;/m0./s1. The lowest BCUT2D eigenvalue weighted by Crippen LogP contribution is -2.57. The third kappa shape index (κ3) is 7.28. The van der Waals surface area contributed by atoms with E-state index in [-0.39, 0.29) is 17.9 Å². The molecular weight excluding hydrogens is 556 g/mol. The number of nitrogens with zero attached hydrogens (tertiary/aromatic N) is 1. The Labute approximate surface area is 250 Å². The molecule has 1 aliphatic heterocycles. The number of aliphatic carboxylic acids is 1. The Kier molecular flexibility index (Phi) is 10.7. The number of ether oxygens (including phenoxy) is 1. The number of carbonyl (C=O) groups is 3. The Morgan fingerprint density at radius 3 is 2.60 bits per heavy atom. The van der Waals surface area contributed by atoms with Gasteiger partial charge in [0, 0.05) is 40.8 Å². The van der Waals surface area contributed by atoms with Crippen LogP contribution in [0.15, 0.2) is 65.5 Å². The average molecular weight is 599 g/mol. The lowest BCUT2D eigenvalue weighted by molar-refractivity contribution is -0.138. The van der Waals surface area contributed by atoms with Gasteiger partial charge in [-0.3, -0.25) is 18.7 Å². The summed E-state index contributed by atoms with van der Waals surface area (Å²) in [6.07, 6.45) is 9.99. The van der Waals surface area contributed by atoms with Crippen LogP contribution in [-0.4, -0.2) is 62.2 Å². The minimum absolute atomic E-state index is 0.0295. The molecule has 2 unspecified atom stereocenters. The molecule has 0 spiro atoms. The van der Waals surface area contributed by atoms with Crippen molar-refractivity contribution in [1.29, 1.82) is 0 Å². The summed E-state index contributed by atoms with van der Waals surface area (Å²) in [5.74, 6) is -0.896. The Morgan fingerprint density at radius 2 is 2.05 bits per heavy atom. The van der Waals surface area contributed by atoms with E-state index in [1.807, 2.05) is 24.5 Å². The molecule has 42 heavy (non-hydrogen) atoms. The molecule has 1 fully saturated rings. The van der Waals surface area contributed by atoms with Crippen LogP contribution in [0.3, 0.4) is 0 Å². The zero-order valence-corrected chi connectivity index (χ0v) is 26.1. The van der Waals surface area contributed by atoms with Gasteiger partial charge in [-0.05, 0) is 80.8 Å². The molecule has 9 nitrogen and oxygen atoms in total. The van der Waals surface area contributed by atoms with Crippen LogP contribution in [0.4, 0.5) is 0 Å². The number of esters is 1. The van der Waals surface area contributed by atoms with Crippen molar-refractivity contribution in [2.24, 2.45) is 5.92 Å². The van der Waals surface area contributed by atoms with E-state index in [4.69, 9.17) is 14.3 Å². The highest BCUT2D eigenvalue weighted by atomic mass is 32.2. The van der Waals surface area contributed by atoms with Gasteiger partial charge in [-0.15, -0.1) is 0 Å². The SMILES string of the molecule is C/C=C/C(C)(C(=O)O)S(C)=O.C=C(C)C(=O)NCC(=O)Oc1ccc2c(c1)[C@]1(C)CCN(Cc3ccoc3)[C@H](C2)[C@@H]1C. The second-order valence-electron chi connectivity index (χ2n) is 11.5. The lowest BCUT2D eigenvalue weighted by Gasteiger charge is -2.54. The summed E-state index contributed by atoms with van der Waals surface area (Å²) in [4.78, 5) is 36.9. The highest BCUT2D eigenvalue weighted by molar-refractivity contribution is 7.86. The van der Waals surface area contributed by atoms with Gasteiger partial charge < -0.3 is 19.6 Å². The Bertz CT molecular complexity index is 1350. The van der Waals surface area contributed by atoms with Crippen LogP contribution in [-0.2, 0) is 43.6 Å². The van der Waals surface area contributed by atoms with Crippen LogP contribution in [0.25, 0.3) is 0 Å². The number of likely N-dealkylation sites (tertiary alicyclic amines) is 1. The summed E-state index contributed by atoms with van der Waals surface area (Å²) in [6.45, 7) is 14.7. The van der Waals surface area contributed by atoms with Crippen molar-refractivity contribution in [2.45, 2.75) is 70.2 Å². The quantitative estimate of drug-likeness (QED) is 0.189. The zero-order valence-electron chi connectivity index (χ0n) is 25.3. The topological polar surface area (TPSA) is 126 Å². The summed E-state index contributed by atoms with van der Waals surface area (Å²) in [6, 6.07) is 8.46. The molecule has 0 radical (unpaired) electrons. The van der Waals surface area contributed by atoms with Gasteiger partial charge in [0.2, 0.25) is 5.91 Å². The van der Waals surface area contributed by atoms with Crippen molar-refractivity contribution in [2.75, 3.05) is 19.3 Å². The maximum atomic E-state index is 12.2. The van der Waals surface area contributed by atoms with E-state index in [0.29, 0.717) is 23.3 Å². The van der Waals surface area contributed by atoms with Gasteiger partial charge in [-0.25, -0.2) is 4.79 Å². The third-order valence-electron chi connectivity index (χ3n) is 8.58. The second kappa shape index (κ2) is 13.6. The molecule has 1 saturated heterocycles. The number of fused-ring (bicyclic) bond motifs is 4. The van der Waals surface area contributed by atoms with E-state index >= 15 is 0 Å². The number of hydrogen-bond acceptors (Lipinski definition) is 7. The first kappa shape index (κ1) is 33.0. The van der Waals surface area contributed by atoms with Crippen LogP contribution in [0.2, 0.25) is 0 Å². The molecule has 10 heteroatoms. The van der Waals surface area contributed by atoms with E-state index in [1.54, 1.807) is 26.2 Å². The highest BCUT2D eigenvalue weighted by Crippen LogP contribution is 2.49. The molecule has 228 valence electrons. The lowest BCUT2D eigenvalue weighted by atomic mass is 9.59. The summed E-state index contributed by atoms with van der Waals surface area (Å²) < 4.78 is 20.5. The largest absolute Gasteiger partial charge is 0.480 e. The summed E-state index contributed by atoms with van der Waals surface area (Å²) in [7, 11) is -1.39. The number of rotatable bonds is 9. The van der Waals surface area contributed by atoms with Crippen molar-refractivity contribution < 1.29 is 32.9 Å². The second-order valence-corrected chi connectivity index (χ2v) is 13.2. The molecule has 1 aliphatic carbocycles. The molecule has 2 aliphatic rings. The van der Waals surface area contributed by atoms with Gasteiger partial charge >= 0.3 is 11.9 Å². The van der Waals surface area contributed by atoms with Crippen LogP contribution in [0.1, 0.15) is 57.7 Å². The zero-order chi connectivity index (χ0) is 31.2. The molecular formula is C32H42N2O7S. The number of piperidine rings is 1. The van der Waals surface area contributed by atoms with Crippen molar-refractivity contribution in [1.82, 2.24) is 10.2 Å². The van der Waals surface area contributed by atoms with Gasteiger partial charge in [0.25, 0.3) is 0 Å². The van der Waals surface area contributed by atoms with Crippen molar-refractivity contribution in [3.8, 4) is 5.75 Å². The number of amides is 1. The number of hydrogen-bond donors (Lipinski definition) is 2. The fourth-order valence-corrected chi connectivity index (χ4v) is 6.22. The fraction of sp³-hybridized carbons (Fsp3) is 0.469. The Balaban J connectivity index is 0.000000375. The van der Waals surface area contributed by atoms with E-state index in [2.05, 4.69) is 36.7 Å². The number of carboxylic acid groups (broad SMARTS) is 1. The Morgan fingerprint density at radius 1 is 1.33 bits per heavy atom. The number of furan rings is 1. The molecule has 2 heterocycles. The minimum Gasteiger partial charge on any atom is -0.480 e. The van der Waals surface area contributed by atoms with Crippen LogP contribution in [0, 0.1) is 5.92 Å². The van der Waals surface area contributed by atoms with E-state index in [1.165, 1.54) is 35.9 Å². The van der Waals surface area contributed by atoms with Crippen molar-refractivity contribution in [3.05, 3.63) is 77.8 Å². The molecule has 2 aromatic rings. The summed E-state index contributed by atoms with van der Waals surface area (Å²) in [5, 5.41) is 11.2. The number of allylic oxidation sites excluding steroid dienone is 1. The number of carbonyl (C=O) groups excluding carboxylic acids is 2. The monoisotopic (exact) mass is 598 g/mol. The van der Waals surface area contributed by atoms with Gasteiger partial charge in [-0.1, -0.05) is 38.6 Å². The van der Waals surface area contributed by atoms with E-state index < -0.39 is 27.5 Å². The van der Waals surface area contributed by atoms with Crippen LogP contribution < -0.4 is 10.1 Å². The highest BCUT2D eigenvalue weighted by Gasteiger charge is 2.48. The first-order chi connectivity index (χ1) is 19.7. The van der Waals surface area contributed by atoms with Crippen LogP contribution >= 0.6 is 0 Å². The smallest absolute Gasteiger partial charge is 0.330 e. The average Bonchev–Trinajstić information content (AvgIpc) is 3.44. The van der Waals surface area contributed by atoms with Crippen molar-refractivity contribution in [3.63, 3.8) is 0 Å². The van der Waals surface area contributed by atoms with Gasteiger partial charge in [0.1, 0.15) is 12.3 Å². The summed E-state index contributed by atoms with van der Waals surface area (Å²) in [5.41, 5.74) is 4.19. The normalized spacial score (nSPS) is 23.5. The van der Waals surface area contributed by atoms with Gasteiger partial charge in [0.15, 0.2) is 4.75 Å². The van der Waals surface area contributed by atoms with Crippen molar-refractivity contribution >= 4 is 28.6 Å². The molecule has 5 atom stereocenters. The van der Waals surface area contributed by atoms with E-state index in [0.717, 1.165) is 25.9 Å². The number of carboxylic acids is 1. The molecule has 0 saturated carbocycles. The number of benzene rings is 1. The van der Waals surface area contributed by atoms with Crippen LogP contribution in [0.5, 0.6) is 5.75 Å². The predicted molar refractivity (Wildman–Crippen MR) is 163 cm³/mol. The molecule has 1 aromatic carbocycles. The first-order valence-corrected chi connectivity index (χ1v) is 15.5. The minimum atomic E-state index is -1.39. The Hall–Kier alpha value is -3.50. The fourth-order valence-electron chi connectivity index (χ4n) is 5.64.